The van der Waals surface area contributed by atoms with E-state index in [-0.39, 0.29) is 24.2 Å². The lowest BCUT2D eigenvalue weighted by atomic mass is 10.2. The molecule has 2 fully saturated rings. The van der Waals surface area contributed by atoms with E-state index < -0.39 is 26.4 Å². The smallest absolute Gasteiger partial charge is 0.340 e. The quantitative estimate of drug-likeness (QED) is 0.714. The summed E-state index contributed by atoms with van der Waals surface area (Å²) >= 11 is 1.80. The molecule has 29 heavy (non-hydrogen) atoms. The number of benzene rings is 1. The van der Waals surface area contributed by atoms with Gasteiger partial charge in [-0.3, -0.25) is 14.5 Å². The van der Waals surface area contributed by atoms with Crippen molar-refractivity contribution in [2.45, 2.75) is 29.5 Å². The number of nitrogens with zero attached hydrogens (tertiary/aromatic N) is 2. The molecule has 2 saturated heterocycles. The van der Waals surface area contributed by atoms with Crippen molar-refractivity contribution in [1.82, 2.24) is 9.80 Å². The maximum atomic E-state index is 12.9. The van der Waals surface area contributed by atoms with Gasteiger partial charge in [0.1, 0.15) is 0 Å². The van der Waals surface area contributed by atoms with E-state index in [2.05, 4.69) is 5.32 Å². The van der Waals surface area contributed by atoms with Crippen molar-refractivity contribution >= 4 is 39.1 Å². The average molecular weight is 448 g/mol. The van der Waals surface area contributed by atoms with E-state index in [4.69, 9.17) is 0 Å². The van der Waals surface area contributed by atoms with Crippen LogP contribution in [0.15, 0.2) is 29.2 Å². The first-order valence-electron chi connectivity index (χ1n) is 9.32. The minimum Gasteiger partial charge on any atom is -0.340 e. The second-order valence-electron chi connectivity index (χ2n) is 6.92. The molecular weight excluding hydrogens is 424 g/mol. The Bertz CT molecular complexity index is 860. The van der Waals surface area contributed by atoms with Crippen LogP contribution < -0.4 is 5.32 Å². The fraction of sp³-hybridized carbons (Fsp3) is 0.556. The van der Waals surface area contributed by atoms with E-state index in [1.54, 1.807) is 16.7 Å². The number of hydrogen-bond donors (Lipinski definition) is 1. The second kappa shape index (κ2) is 9.40. The van der Waals surface area contributed by atoms with Crippen LogP contribution in [0.2, 0.25) is 0 Å². The highest BCUT2D eigenvalue weighted by atomic mass is 32.2. The van der Waals surface area contributed by atoms with Gasteiger partial charge in [-0.15, -0.1) is 0 Å². The largest absolute Gasteiger partial charge is 0.341 e. The van der Waals surface area contributed by atoms with E-state index in [0.717, 1.165) is 24.0 Å². The molecule has 1 aromatic rings. The zero-order valence-electron chi connectivity index (χ0n) is 15.7. The summed E-state index contributed by atoms with van der Waals surface area (Å²) in [7, 11) is -4.84. The maximum Gasteiger partial charge on any atom is 0.341 e. The van der Waals surface area contributed by atoms with Crippen molar-refractivity contribution in [3.63, 3.8) is 0 Å². The topological polar surface area (TPSA) is 86.8 Å². The molecule has 2 amide bonds. The first kappa shape index (κ1) is 22.0. The van der Waals surface area contributed by atoms with Crippen LogP contribution in [0, 0.1) is 0 Å². The molecule has 1 atom stereocenters. The third kappa shape index (κ3) is 5.07. The van der Waals surface area contributed by atoms with E-state index in [9.17, 15) is 26.8 Å². The Morgan fingerprint density at radius 2 is 1.86 bits per heavy atom. The van der Waals surface area contributed by atoms with Crippen LogP contribution in [-0.4, -0.2) is 79.5 Å². The number of likely N-dealkylation sites (tertiary alicyclic amines) is 1. The average Bonchev–Trinajstić information content (AvgIpc) is 3.16. The lowest BCUT2D eigenvalue weighted by molar-refractivity contribution is -0.136. The minimum absolute atomic E-state index is 0.0104. The van der Waals surface area contributed by atoms with Gasteiger partial charge in [0.2, 0.25) is 21.7 Å². The number of para-hydroxylation sites is 1. The van der Waals surface area contributed by atoms with Gasteiger partial charge >= 0.3 is 5.76 Å². The summed E-state index contributed by atoms with van der Waals surface area (Å²) in [4.78, 5) is 28.3. The number of thioether (sulfide) groups is 1. The number of sulfone groups is 1. The number of amides is 2. The summed E-state index contributed by atoms with van der Waals surface area (Å²) in [5.74, 6) is -2.32. The molecular formula is C18H23F2N3O4S2. The van der Waals surface area contributed by atoms with E-state index in [1.807, 2.05) is 4.90 Å². The van der Waals surface area contributed by atoms with Crippen LogP contribution in [-0.2, 0) is 19.4 Å². The molecule has 3 rings (SSSR count). The van der Waals surface area contributed by atoms with Crippen LogP contribution in [0.4, 0.5) is 14.5 Å². The third-order valence-electron chi connectivity index (χ3n) is 5.02. The van der Waals surface area contributed by atoms with Gasteiger partial charge < -0.3 is 10.2 Å². The van der Waals surface area contributed by atoms with Gasteiger partial charge in [0.25, 0.3) is 0 Å². The Balaban J connectivity index is 1.67. The number of carbonyl (C=O) groups is 2. The maximum absolute atomic E-state index is 12.9. The zero-order valence-corrected chi connectivity index (χ0v) is 17.4. The zero-order chi connectivity index (χ0) is 21.0. The highest BCUT2D eigenvalue weighted by Crippen LogP contribution is 2.26. The van der Waals surface area contributed by atoms with Gasteiger partial charge in [-0.25, -0.2) is 8.42 Å². The first-order chi connectivity index (χ1) is 13.8. The molecule has 11 heteroatoms. The molecule has 160 valence electrons. The predicted molar refractivity (Wildman–Crippen MR) is 107 cm³/mol. The molecule has 1 unspecified atom stereocenters. The number of halogens is 2. The normalized spacial score (nSPS) is 20.8. The fourth-order valence-electron chi connectivity index (χ4n) is 3.58. The SMILES string of the molecule is O=C(CN1CCCC1C(=O)N1CCSCC1)Nc1ccccc1S(=O)(=O)C(F)F. The van der Waals surface area contributed by atoms with Crippen LogP contribution in [0.3, 0.4) is 0 Å². The molecule has 2 heterocycles. The molecule has 0 bridgehead atoms. The monoisotopic (exact) mass is 447 g/mol. The molecule has 0 spiro atoms. The minimum atomic E-state index is -4.84. The van der Waals surface area contributed by atoms with Gasteiger partial charge in [-0.05, 0) is 31.5 Å². The van der Waals surface area contributed by atoms with Gasteiger partial charge in [0.05, 0.1) is 23.2 Å². The van der Waals surface area contributed by atoms with E-state index >= 15 is 0 Å². The van der Waals surface area contributed by atoms with Crippen LogP contribution in [0.5, 0.6) is 0 Å². The summed E-state index contributed by atoms with van der Waals surface area (Å²) in [6, 6.07) is 4.69. The molecule has 0 saturated carbocycles. The Morgan fingerprint density at radius 1 is 1.17 bits per heavy atom. The molecule has 0 radical (unpaired) electrons. The summed E-state index contributed by atoms with van der Waals surface area (Å²) in [6.45, 7) is 1.85. The molecule has 2 aliphatic rings. The molecule has 0 aromatic heterocycles. The number of anilines is 1. The molecule has 0 aliphatic carbocycles. The van der Waals surface area contributed by atoms with Crippen molar-refractivity contribution in [1.29, 1.82) is 0 Å². The van der Waals surface area contributed by atoms with Crippen LogP contribution in [0.1, 0.15) is 12.8 Å². The Morgan fingerprint density at radius 3 is 2.55 bits per heavy atom. The summed E-state index contributed by atoms with van der Waals surface area (Å²) in [5.41, 5.74) is -0.187. The van der Waals surface area contributed by atoms with Crippen molar-refractivity contribution in [3.8, 4) is 0 Å². The lowest BCUT2D eigenvalue weighted by Gasteiger charge is -2.32. The first-order valence-corrected chi connectivity index (χ1v) is 12.0. The van der Waals surface area contributed by atoms with Gasteiger partial charge in [-0.1, -0.05) is 12.1 Å². The van der Waals surface area contributed by atoms with Crippen molar-refractivity contribution in [2.24, 2.45) is 0 Å². The standard InChI is InChI=1S/C18H23F2N3O4S2/c19-18(20)29(26,27)15-6-2-1-4-13(15)21-16(24)12-23-7-3-5-14(23)17(25)22-8-10-28-11-9-22/h1-2,4,6,14,18H,3,5,7-12H2,(H,21,24). The number of hydrogen-bond acceptors (Lipinski definition) is 6. The Labute approximate surface area is 172 Å². The molecule has 2 aliphatic heterocycles. The molecule has 1 N–H and O–H groups in total. The van der Waals surface area contributed by atoms with Gasteiger partial charge in [0.15, 0.2) is 0 Å². The number of carbonyl (C=O) groups excluding carboxylic acids is 2. The van der Waals surface area contributed by atoms with E-state index in [0.29, 0.717) is 26.1 Å². The van der Waals surface area contributed by atoms with Crippen molar-refractivity contribution < 1.29 is 26.8 Å². The summed E-state index contributed by atoms with van der Waals surface area (Å²) in [6.07, 6.45) is 1.44. The highest BCUT2D eigenvalue weighted by Gasteiger charge is 2.35. The molecule has 1 aromatic carbocycles. The van der Waals surface area contributed by atoms with E-state index in [1.165, 1.54) is 18.2 Å². The Kier molecular flexibility index (Phi) is 7.12. The number of rotatable bonds is 6. The predicted octanol–water partition coefficient (Wildman–Crippen LogP) is 1.66. The highest BCUT2D eigenvalue weighted by molar-refractivity contribution is 7.99. The van der Waals surface area contributed by atoms with Crippen molar-refractivity contribution in [3.05, 3.63) is 24.3 Å². The number of alkyl halides is 2. The second-order valence-corrected chi connectivity index (χ2v) is 10.0. The molecule has 7 nitrogen and oxygen atoms in total. The van der Waals surface area contributed by atoms with Gasteiger partial charge in [-0.2, -0.15) is 20.5 Å². The summed E-state index contributed by atoms with van der Waals surface area (Å²) in [5, 5.41) is 2.42. The Hall–Kier alpha value is -1.72. The summed E-state index contributed by atoms with van der Waals surface area (Å²) < 4.78 is 49.5. The third-order valence-corrected chi connectivity index (χ3v) is 7.40. The lowest BCUT2D eigenvalue weighted by Crippen LogP contribution is -2.50. The number of nitrogens with one attached hydrogen (secondary N) is 1. The van der Waals surface area contributed by atoms with Gasteiger partial charge in [0, 0.05) is 24.6 Å². The fourth-order valence-corrected chi connectivity index (χ4v) is 5.37. The van der Waals surface area contributed by atoms with Crippen LogP contribution >= 0.6 is 11.8 Å². The van der Waals surface area contributed by atoms with Crippen molar-refractivity contribution in [2.75, 3.05) is 43.0 Å². The van der Waals surface area contributed by atoms with Crippen LogP contribution in [0.25, 0.3) is 0 Å².